The predicted octanol–water partition coefficient (Wildman–Crippen LogP) is 2.81. The van der Waals surface area contributed by atoms with Crippen LogP contribution in [-0.4, -0.2) is 38.3 Å². The zero-order valence-electron chi connectivity index (χ0n) is 15.2. The number of imidazole rings is 1. The Kier molecular flexibility index (Phi) is 5.08. The maximum atomic E-state index is 12.8. The number of methoxy groups -OCH3 is 2. The van der Waals surface area contributed by atoms with E-state index in [1.165, 1.54) is 13.2 Å². The second-order valence-corrected chi connectivity index (χ2v) is 7.21. The maximum Gasteiger partial charge on any atom is 0.338 e. The van der Waals surface area contributed by atoms with E-state index in [1.807, 2.05) is 13.8 Å². The number of hydrogen-bond donors (Lipinski definition) is 1. The van der Waals surface area contributed by atoms with Crippen molar-refractivity contribution in [3.63, 3.8) is 0 Å². The van der Waals surface area contributed by atoms with E-state index in [1.54, 1.807) is 19.4 Å². The van der Waals surface area contributed by atoms with Crippen LogP contribution in [-0.2, 0) is 16.6 Å². The van der Waals surface area contributed by atoms with Crippen molar-refractivity contribution in [2.75, 3.05) is 14.2 Å². The summed E-state index contributed by atoms with van der Waals surface area (Å²) in [7, 11) is 1.35. The van der Waals surface area contributed by atoms with Gasteiger partial charge in [-0.1, -0.05) is 0 Å². The van der Waals surface area contributed by atoms with Crippen molar-refractivity contribution >= 4 is 27.5 Å². The van der Waals surface area contributed by atoms with Gasteiger partial charge in [0, 0.05) is 17.3 Å². The second kappa shape index (κ2) is 7.31. The molecule has 0 amide bonds. The molecule has 9 nitrogen and oxygen atoms in total. The molecule has 27 heavy (non-hydrogen) atoms. The Balaban J connectivity index is 2.00. The fourth-order valence-electron chi connectivity index (χ4n) is 2.88. The number of aromatic nitrogens is 3. The summed E-state index contributed by atoms with van der Waals surface area (Å²) in [5.74, 6) is 0.895. The van der Waals surface area contributed by atoms with Crippen LogP contribution in [0.3, 0.4) is 0 Å². The summed E-state index contributed by atoms with van der Waals surface area (Å²) in [6.07, 6.45) is 1.66. The molecule has 142 valence electrons. The number of nitrogens with one attached hydrogen (secondary N) is 1. The van der Waals surface area contributed by atoms with Gasteiger partial charge in [-0.05, 0) is 26.0 Å². The highest BCUT2D eigenvalue weighted by molar-refractivity contribution is 7.84. The quantitative estimate of drug-likeness (QED) is 0.507. The van der Waals surface area contributed by atoms with Crippen LogP contribution < -0.4 is 9.47 Å². The van der Waals surface area contributed by atoms with E-state index in [9.17, 15) is 14.3 Å². The highest BCUT2D eigenvalue weighted by atomic mass is 32.2. The van der Waals surface area contributed by atoms with E-state index in [2.05, 4.69) is 15.0 Å². The van der Waals surface area contributed by atoms with Crippen molar-refractivity contribution < 1.29 is 18.6 Å². The number of H-pyrrole nitrogens is 1. The van der Waals surface area contributed by atoms with Crippen LogP contribution >= 0.6 is 0 Å². The summed E-state index contributed by atoms with van der Waals surface area (Å²) in [4.78, 5) is 22.2. The number of pyridine rings is 1. The van der Waals surface area contributed by atoms with Crippen molar-refractivity contribution in [2.24, 2.45) is 0 Å². The van der Waals surface area contributed by atoms with Crippen LogP contribution in [0, 0.1) is 24.0 Å². The number of rotatable bonds is 6. The molecule has 0 aliphatic heterocycles. The van der Waals surface area contributed by atoms with E-state index in [0.29, 0.717) is 17.0 Å². The number of aromatic amines is 1. The Hall–Kier alpha value is -3.01. The van der Waals surface area contributed by atoms with Gasteiger partial charge in [0.05, 0.1) is 46.9 Å². The largest absolute Gasteiger partial charge is 0.496 e. The molecule has 3 rings (SSSR count). The van der Waals surface area contributed by atoms with E-state index < -0.39 is 15.7 Å². The monoisotopic (exact) mass is 390 g/mol. The van der Waals surface area contributed by atoms with Gasteiger partial charge in [0.25, 0.3) is 0 Å². The summed E-state index contributed by atoms with van der Waals surface area (Å²) in [5, 5.41) is 11.5. The van der Waals surface area contributed by atoms with Crippen LogP contribution in [0.1, 0.15) is 16.8 Å². The molecule has 0 fully saturated rings. The number of nitro groups is 1. The van der Waals surface area contributed by atoms with Crippen LogP contribution in [0.15, 0.2) is 23.5 Å². The Morgan fingerprint density at radius 3 is 2.63 bits per heavy atom. The van der Waals surface area contributed by atoms with Crippen molar-refractivity contribution in [1.82, 2.24) is 15.0 Å². The lowest BCUT2D eigenvalue weighted by molar-refractivity contribution is -0.384. The van der Waals surface area contributed by atoms with Gasteiger partial charge in [-0.2, -0.15) is 0 Å². The van der Waals surface area contributed by atoms with Gasteiger partial charge in [0.2, 0.25) is 0 Å². The Morgan fingerprint density at radius 2 is 2.00 bits per heavy atom. The standard InChI is InChI=1S/C17H18N4O5S/c1-9-7-18-12(10(2)16(9)26-4)8-27(24)17-19-11-5-6-13(25-3)15(21(22)23)14(11)20-17/h5-7H,8H2,1-4H3,(H,19,20)/t27-/m1/s1. The Morgan fingerprint density at radius 1 is 1.26 bits per heavy atom. The van der Waals surface area contributed by atoms with Crippen LogP contribution in [0.25, 0.3) is 11.0 Å². The summed E-state index contributed by atoms with van der Waals surface area (Å²) in [6, 6.07) is 3.08. The molecular formula is C17H18N4O5S. The molecule has 0 spiro atoms. The summed E-state index contributed by atoms with van der Waals surface area (Å²) in [6.45, 7) is 3.73. The van der Waals surface area contributed by atoms with Gasteiger partial charge in [-0.25, -0.2) is 4.98 Å². The van der Waals surface area contributed by atoms with Crippen molar-refractivity contribution in [3.05, 3.63) is 45.3 Å². The van der Waals surface area contributed by atoms with E-state index >= 15 is 0 Å². The first-order valence-corrected chi connectivity index (χ1v) is 9.27. The normalized spacial score (nSPS) is 12.1. The molecular weight excluding hydrogens is 372 g/mol. The molecule has 0 unspecified atom stereocenters. The lowest BCUT2D eigenvalue weighted by atomic mass is 10.1. The fraction of sp³-hybridized carbons (Fsp3) is 0.294. The van der Waals surface area contributed by atoms with Crippen LogP contribution in [0.5, 0.6) is 11.5 Å². The third-order valence-electron chi connectivity index (χ3n) is 4.20. The number of aryl methyl sites for hydroxylation is 1. The number of benzene rings is 1. The smallest absolute Gasteiger partial charge is 0.338 e. The average Bonchev–Trinajstić information content (AvgIpc) is 3.07. The molecule has 3 aromatic rings. The van der Waals surface area contributed by atoms with Crippen molar-refractivity contribution in [3.8, 4) is 11.5 Å². The number of fused-ring (bicyclic) bond motifs is 1. The molecule has 0 radical (unpaired) electrons. The average molecular weight is 390 g/mol. The Labute approximate surface area is 157 Å². The van der Waals surface area contributed by atoms with E-state index in [-0.39, 0.29) is 27.9 Å². The number of hydrogen-bond acceptors (Lipinski definition) is 7. The zero-order valence-corrected chi connectivity index (χ0v) is 16.0. The van der Waals surface area contributed by atoms with E-state index in [4.69, 9.17) is 9.47 Å². The van der Waals surface area contributed by atoms with Gasteiger partial charge < -0.3 is 14.5 Å². The summed E-state index contributed by atoms with van der Waals surface area (Å²) >= 11 is 0. The minimum Gasteiger partial charge on any atom is -0.496 e. The third-order valence-corrected chi connectivity index (χ3v) is 5.37. The second-order valence-electron chi connectivity index (χ2n) is 5.85. The topological polar surface area (TPSA) is 120 Å². The fourth-order valence-corrected chi connectivity index (χ4v) is 3.97. The van der Waals surface area contributed by atoms with Crippen LogP contribution in [0.4, 0.5) is 5.69 Å². The minimum absolute atomic E-state index is 0.0946. The molecule has 1 aromatic carbocycles. The predicted molar refractivity (Wildman–Crippen MR) is 99.7 cm³/mol. The van der Waals surface area contributed by atoms with Crippen LogP contribution in [0.2, 0.25) is 0 Å². The third kappa shape index (κ3) is 3.35. The molecule has 0 aliphatic carbocycles. The van der Waals surface area contributed by atoms with Gasteiger partial charge in [0.1, 0.15) is 5.75 Å². The number of nitrogens with zero attached hydrogens (tertiary/aromatic N) is 3. The molecule has 2 aromatic heterocycles. The molecule has 0 saturated heterocycles. The minimum atomic E-state index is -1.57. The maximum absolute atomic E-state index is 12.8. The summed E-state index contributed by atoms with van der Waals surface area (Å²) in [5.41, 5.74) is 2.56. The van der Waals surface area contributed by atoms with Gasteiger partial charge in [0.15, 0.2) is 16.4 Å². The molecule has 1 N–H and O–H groups in total. The first-order chi connectivity index (χ1) is 12.9. The van der Waals surface area contributed by atoms with Gasteiger partial charge >= 0.3 is 5.69 Å². The van der Waals surface area contributed by atoms with Crippen molar-refractivity contribution in [2.45, 2.75) is 24.8 Å². The molecule has 0 saturated carbocycles. The van der Waals surface area contributed by atoms with E-state index in [0.717, 1.165) is 11.1 Å². The highest BCUT2D eigenvalue weighted by Crippen LogP contribution is 2.34. The lowest BCUT2D eigenvalue weighted by Gasteiger charge is -2.11. The molecule has 10 heteroatoms. The molecule has 1 atom stereocenters. The zero-order chi connectivity index (χ0) is 19.7. The SMILES string of the molecule is COc1ccc2[nH]c([S@](=O)Cc3ncc(C)c(OC)c3C)nc2c1[N+](=O)[O-]. The molecule has 0 bridgehead atoms. The summed E-state index contributed by atoms with van der Waals surface area (Å²) < 4.78 is 23.2. The Bertz CT molecular complexity index is 1060. The van der Waals surface area contributed by atoms with Gasteiger partial charge in [-0.3, -0.25) is 19.3 Å². The number of nitro benzene ring substituents is 1. The van der Waals surface area contributed by atoms with Gasteiger partial charge in [-0.15, -0.1) is 0 Å². The lowest BCUT2D eigenvalue weighted by Crippen LogP contribution is -2.05. The molecule has 0 aliphatic rings. The number of ether oxygens (including phenoxy) is 2. The first-order valence-electron chi connectivity index (χ1n) is 7.95. The molecule has 2 heterocycles. The highest BCUT2D eigenvalue weighted by Gasteiger charge is 2.24. The first kappa shape index (κ1) is 18.8. The van der Waals surface area contributed by atoms with Crippen molar-refractivity contribution in [1.29, 1.82) is 0 Å².